The zero-order valence-corrected chi connectivity index (χ0v) is 25.2. The number of Topliss-reactive ketones (excluding diaryl/α,β-unsaturated/α-hetero) is 1. The maximum absolute atomic E-state index is 13.9. The van der Waals surface area contributed by atoms with Gasteiger partial charge in [-0.1, -0.05) is 45.4 Å². The fourth-order valence-corrected chi connectivity index (χ4v) is 5.74. The van der Waals surface area contributed by atoms with E-state index in [0.717, 1.165) is 44.2 Å². The molecule has 2 aromatic heterocycles. The average Bonchev–Trinajstić information content (AvgIpc) is 3.48. The van der Waals surface area contributed by atoms with Gasteiger partial charge in [-0.05, 0) is 18.6 Å². The number of unbranched alkanes of at least 4 members (excludes halogenated alkanes) is 6. The summed E-state index contributed by atoms with van der Waals surface area (Å²) in [4.78, 5) is 27.3. The number of phenols is 3. The van der Waals surface area contributed by atoms with E-state index in [1.54, 1.807) is 0 Å². The number of furan rings is 1. The highest BCUT2D eigenvalue weighted by atomic mass is 16.7. The second-order valence-electron chi connectivity index (χ2n) is 11.5. The molecule has 13 heteroatoms. The normalized spacial score (nSPS) is 21.6. The topological polar surface area (TPSA) is 220 Å². The molecule has 1 aliphatic heterocycles. The summed E-state index contributed by atoms with van der Waals surface area (Å²) in [5, 5.41) is 71.8. The summed E-state index contributed by atoms with van der Waals surface area (Å²) in [7, 11) is 0. The van der Waals surface area contributed by atoms with Crippen LogP contribution in [-0.4, -0.2) is 78.8 Å². The maximum Gasteiger partial charge on any atom is 0.239 e. The Morgan fingerprint density at radius 1 is 0.891 bits per heavy atom. The highest BCUT2D eigenvalue weighted by molar-refractivity contribution is 6.13. The van der Waals surface area contributed by atoms with Gasteiger partial charge in [0.2, 0.25) is 17.5 Å². The van der Waals surface area contributed by atoms with Gasteiger partial charge in [-0.3, -0.25) is 9.59 Å². The van der Waals surface area contributed by atoms with E-state index in [4.69, 9.17) is 18.3 Å². The Hall–Kier alpha value is -4.14. The third-order valence-electron chi connectivity index (χ3n) is 8.25. The number of carbonyl (C=O) groups excluding carboxylic acids is 1. The Morgan fingerprint density at radius 2 is 1.61 bits per heavy atom. The summed E-state index contributed by atoms with van der Waals surface area (Å²) in [6.45, 7) is 1.38. The summed E-state index contributed by atoms with van der Waals surface area (Å²) in [5.41, 5.74) is -1.18. The van der Waals surface area contributed by atoms with Gasteiger partial charge in [-0.15, -0.1) is 0 Å². The molecule has 4 aromatic rings. The van der Waals surface area contributed by atoms with E-state index in [9.17, 15) is 45.3 Å². The number of fused-ring (bicyclic) bond motifs is 2. The molecule has 46 heavy (non-hydrogen) atoms. The molecule has 0 amide bonds. The van der Waals surface area contributed by atoms with Crippen LogP contribution in [0, 0.1) is 0 Å². The molecule has 0 spiro atoms. The first-order valence-corrected chi connectivity index (χ1v) is 15.3. The molecule has 5 atom stereocenters. The van der Waals surface area contributed by atoms with E-state index in [2.05, 4.69) is 6.92 Å². The molecule has 0 unspecified atom stereocenters. The standard InChI is InChI=1S/C33H38O13/c1-2-3-4-5-6-7-8-9-19(36)18-15-43-31-20(37)11-10-17(24(18)31)30-32(27(40)25-21(38)12-16(35)13-22(25)44-30)46-33-29(42)28(41)26(39)23(14-34)45-33/h10-13,15,23,26,28-29,33-35,37-39,41-42H,2-9,14H2,1H3/t23-,26+,28+,29-,33+/m0/s1. The monoisotopic (exact) mass is 642 g/mol. The number of aliphatic hydroxyl groups excluding tert-OH is 4. The minimum Gasteiger partial charge on any atom is -0.508 e. The molecule has 1 aliphatic rings. The largest absolute Gasteiger partial charge is 0.508 e. The van der Waals surface area contributed by atoms with Crippen LogP contribution in [-0.2, 0) is 4.74 Å². The lowest BCUT2D eigenvalue weighted by atomic mass is 9.97. The van der Waals surface area contributed by atoms with Gasteiger partial charge < -0.3 is 54.1 Å². The maximum atomic E-state index is 13.9. The summed E-state index contributed by atoms with van der Waals surface area (Å²) in [5.74, 6) is -2.66. The molecule has 1 saturated heterocycles. The minimum absolute atomic E-state index is 0.0471. The lowest BCUT2D eigenvalue weighted by molar-refractivity contribution is -0.277. The van der Waals surface area contributed by atoms with Crippen LogP contribution >= 0.6 is 0 Å². The molecule has 7 N–H and O–H groups in total. The zero-order valence-electron chi connectivity index (χ0n) is 25.2. The van der Waals surface area contributed by atoms with Crippen LogP contribution in [0.1, 0.15) is 68.6 Å². The average molecular weight is 643 g/mol. The summed E-state index contributed by atoms with van der Waals surface area (Å²) < 4.78 is 22.9. The molecule has 0 saturated carbocycles. The van der Waals surface area contributed by atoms with Crippen molar-refractivity contribution < 1.29 is 58.8 Å². The molecule has 13 nitrogen and oxygen atoms in total. The number of phenolic OH excluding ortho intramolecular Hbond substituents is 3. The predicted molar refractivity (Wildman–Crippen MR) is 164 cm³/mol. The number of ketones is 1. The molecule has 0 bridgehead atoms. The smallest absolute Gasteiger partial charge is 0.239 e. The van der Waals surface area contributed by atoms with Gasteiger partial charge in [0.1, 0.15) is 53.1 Å². The second-order valence-corrected chi connectivity index (χ2v) is 11.5. The number of rotatable bonds is 13. The molecular weight excluding hydrogens is 604 g/mol. The summed E-state index contributed by atoms with van der Waals surface area (Å²) in [6.07, 6.45) is -0.233. The number of carbonyl (C=O) groups is 1. The minimum atomic E-state index is -1.90. The van der Waals surface area contributed by atoms with Crippen LogP contribution in [0.3, 0.4) is 0 Å². The molecule has 2 aromatic carbocycles. The van der Waals surface area contributed by atoms with Crippen molar-refractivity contribution in [3.8, 4) is 34.3 Å². The number of aromatic hydroxyl groups is 3. The van der Waals surface area contributed by atoms with Crippen molar-refractivity contribution in [2.45, 2.75) is 89.0 Å². The van der Waals surface area contributed by atoms with Crippen LogP contribution in [0.4, 0.5) is 0 Å². The highest BCUT2D eigenvalue weighted by Crippen LogP contribution is 2.43. The SMILES string of the molecule is CCCCCCCCCC(=O)c1coc2c(O)ccc(-c3oc4cc(O)cc(O)c4c(=O)c3O[C@H]3O[C@@H](CO)[C@@H](O)[C@@H](O)[C@@H]3O)c12. The number of benzene rings is 2. The van der Waals surface area contributed by atoms with Crippen LogP contribution in [0.5, 0.6) is 23.0 Å². The van der Waals surface area contributed by atoms with E-state index in [-0.39, 0.29) is 51.4 Å². The molecule has 248 valence electrons. The molecular formula is C33H38O13. The van der Waals surface area contributed by atoms with Gasteiger partial charge in [0, 0.05) is 29.5 Å². The quantitative estimate of drug-likeness (QED) is 0.0815. The third-order valence-corrected chi connectivity index (χ3v) is 8.25. The number of aliphatic hydroxyl groups is 4. The van der Waals surface area contributed by atoms with Crippen molar-refractivity contribution in [3.05, 3.63) is 46.3 Å². The van der Waals surface area contributed by atoms with E-state index >= 15 is 0 Å². The Labute approximate surface area is 262 Å². The number of ether oxygens (including phenoxy) is 2. The second kappa shape index (κ2) is 14.1. The fraction of sp³-hybridized carbons (Fsp3) is 0.455. The Morgan fingerprint density at radius 3 is 2.33 bits per heavy atom. The van der Waals surface area contributed by atoms with E-state index < -0.39 is 65.4 Å². The number of hydrogen-bond donors (Lipinski definition) is 7. The summed E-state index contributed by atoms with van der Waals surface area (Å²) >= 11 is 0. The molecule has 1 fully saturated rings. The van der Waals surface area contributed by atoms with Gasteiger partial charge in [-0.2, -0.15) is 0 Å². The Bertz CT molecular complexity index is 1750. The first kappa shape index (κ1) is 33.2. The lowest BCUT2D eigenvalue weighted by Crippen LogP contribution is -2.60. The molecule has 5 rings (SSSR count). The number of hydrogen-bond acceptors (Lipinski definition) is 13. The van der Waals surface area contributed by atoms with Crippen LogP contribution < -0.4 is 10.2 Å². The lowest BCUT2D eigenvalue weighted by Gasteiger charge is -2.39. The first-order valence-electron chi connectivity index (χ1n) is 15.3. The van der Waals surface area contributed by atoms with Crippen molar-refractivity contribution in [2.24, 2.45) is 0 Å². The Kier molecular flexibility index (Phi) is 10.2. The highest BCUT2D eigenvalue weighted by Gasteiger charge is 2.45. The molecule has 0 aliphatic carbocycles. The van der Waals surface area contributed by atoms with Gasteiger partial charge in [-0.25, -0.2) is 0 Å². The molecule has 0 radical (unpaired) electrons. The van der Waals surface area contributed by atoms with Crippen molar-refractivity contribution in [3.63, 3.8) is 0 Å². The fourth-order valence-electron chi connectivity index (χ4n) is 5.74. The zero-order chi connectivity index (χ0) is 33.1. The summed E-state index contributed by atoms with van der Waals surface area (Å²) in [6, 6.07) is 4.58. The van der Waals surface area contributed by atoms with Gasteiger partial charge in [0.25, 0.3) is 0 Å². The van der Waals surface area contributed by atoms with E-state index in [1.807, 2.05) is 0 Å². The van der Waals surface area contributed by atoms with Crippen molar-refractivity contribution in [1.82, 2.24) is 0 Å². The Balaban J connectivity index is 1.61. The van der Waals surface area contributed by atoms with E-state index in [0.29, 0.717) is 6.42 Å². The van der Waals surface area contributed by atoms with Crippen molar-refractivity contribution in [1.29, 1.82) is 0 Å². The van der Waals surface area contributed by atoms with Crippen LogP contribution in [0.15, 0.2) is 44.2 Å². The van der Waals surface area contributed by atoms with Crippen LogP contribution in [0.2, 0.25) is 0 Å². The van der Waals surface area contributed by atoms with Crippen molar-refractivity contribution in [2.75, 3.05) is 6.61 Å². The van der Waals surface area contributed by atoms with Crippen LogP contribution in [0.25, 0.3) is 33.3 Å². The van der Waals surface area contributed by atoms with Gasteiger partial charge in [0.05, 0.1) is 12.2 Å². The molecule has 3 heterocycles. The van der Waals surface area contributed by atoms with Gasteiger partial charge in [0.15, 0.2) is 22.9 Å². The third kappa shape index (κ3) is 6.42. The van der Waals surface area contributed by atoms with Crippen molar-refractivity contribution >= 4 is 27.7 Å². The van der Waals surface area contributed by atoms with Gasteiger partial charge >= 0.3 is 0 Å². The van der Waals surface area contributed by atoms with E-state index in [1.165, 1.54) is 24.8 Å². The first-order chi connectivity index (χ1) is 22.1. The predicted octanol–water partition coefficient (Wildman–Crippen LogP) is 3.83.